The van der Waals surface area contributed by atoms with Crippen LogP contribution in [0.5, 0.6) is 0 Å². The Morgan fingerprint density at radius 1 is 1.73 bits per heavy atom. The number of hydrogen-bond acceptors (Lipinski definition) is 2. The molecule has 60 valence electrons. The van der Waals surface area contributed by atoms with Gasteiger partial charge in [-0.05, 0) is 20.3 Å². The third-order valence-corrected chi connectivity index (χ3v) is 1.79. The molecule has 0 aromatic carbocycles. The minimum absolute atomic E-state index is 0.0637. The number of rotatable bonds is 1. The van der Waals surface area contributed by atoms with Crippen LogP contribution < -0.4 is 5.32 Å². The van der Waals surface area contributed by atoms with Crippen LogP contribution in [-0.2, 0) is 9.59 Å². The Hall–Kier alpha value is -1.12. The van der Waals surface area contributed by atoms with Crippen LogP contribution in [0, 0.1) is 5.92 Å². The summed E-state index contributed by atoms with van der Waals surface area (Å²) in [7, 11) is 0. The van der Waals surface area contributed by atoms with Crippen molar-refractivity contribution >= 4 is 11.7 Å². The molecule has 0 aromatic rings. The molecule has 0 aromatic heterocycles. The highest BCUT2D eigenvalue weighted by molar-refractivity contribution is 6.01. The summed E-state index contributed by atoms with van der Waals surface area (Å²) in [5.74, 6) is -0.692. The van der Waals surface area contributed by atoms with Crippen molar-refractivity contribution in [1.29, 1.82) is 0 Å². The first-order valence-electron chi connectivity index (χ1n) is 3.59. The Morgan fingerprint density at radius 3 is 2.82 bits per heavy atom. The molecule has 3 nitrogen and oxygen atoms in total. The summed E-state index contributed by atoms with van der Waals surface area (Å²) in [5, 5.41) is 2.61. The average Bonchev–Trinajstić information content (AvgIpc) is 1.85. The standard InChI is InChI=1S/C8H11NO2/c1-5-3-4-7(6(2)10)8(11)9-5/h3,7H,4H2,1-2H3,(H,9,11). The van der Waals surface area contributed by atoms with E-state index in [2.05, 4.69) is 5.32 Å². The second-order valence-electron chi connectivity index (χ2n) is 2.78. The van der Waals surface area contributed by atoms with Gasteiger partial charge in [0.1, 0.15) is 5.78 Å². The van der Waals surface area contributed by atoms with Gasteiger partial charge in [0.05, 0.1) is 5.92 Å². The van der Waals surface area contributed by atoms with E-state index in [0.717, 1.165) is 5.70 Å². The molecule has 1 unspecified atom stereocenters. The second-order valence-corrected chi connectivity index (χ2v) is 2.78. The van der Waals surface area contributed by atoms with Crippen LogP contribution >= 0.6 is 0 Å². The number of ketones is 1. The first-order valence-corrected chi connectivity index (χ1v) is 3.59. The molecule has 1 heterocycles. The summed E-state index contributed by atoms with van der Waals surface area (Å²) in [4.78, 5) is 21.9. The quantitative estimate of drug-likeness (QED) is 0.561. The lowest BCUT2D eigenvalue weighted by molar-refractivity contribution is -0.132. The predicted octanol–water partition coefficient (Wildman–Crippen LogP) is 0.615. The molecular weight excluding hydrogens is 142 g/mol. The second kappa shape index (κ2) is 2.86. The maximum absolute atomic E-state index is 11.1. The Bertz CT molecular complexity index is 230. The van der Waals surface area contributed by atoms with Crippen molar-refractivity contribution in [1.82, 2.24) is 5.32 Å². The number of carbonyl (C=O) groups excluding carboxylic acids is 2. The van der Waals surface area contributed by atoms with Gasteiger partial charge in [0.2, 0.25) is 5.91 Å². The third kappa shape index (κ3) is 1.67. The van der Waals surface area contributed by atoms with Gasteiger partial charge < -0.3 is 5.32 Å². The van der Waals surface area contributed by atoms with Gasteiger partial charge in [-0.1, -0.05) is 6.08 Å². The molecule has 0 saturated heterocycles. The first kappa shape index (κ1) is 7.98. The molecule has 0 bridgehead atoms. The van der Waals surface area contributed by atoms with Gasteiger partial charge in [-0.2, -0.15) is 0 Å². The van der Waals surface area contributed by atoms with E-state index in [9.17, 15) is 9.59 Å². The number of hydrogen-bond donors (Lipinski definition) is 1. The number of nitrogens with one attached hydrogen (secondary N) is 1. The maximum Gasteiger partial charge on any atom is 0.234 e. The molecule has 0 fully saturated rings. The van der Waals surface area contributed by atoms with Gasteiger partial charge in [0, 0.05) is 5.70 Å². The monoisotopic (exact) mass is 153 g/mol. The van der Waals surface area contributed by atoms with Crippen molar-refractivity contribution in [2.45, 2.75) is 20.3 Å². The smallest absolute Gasteiger partial charge is 0.234 e. The van der Waals surface area contributed by atoms with Crippen LogP contribution in [0.2, 0.25) is 0 Å². The van der Waals surface area contributed by atoms with Crippen LogP contribution in [-0.4, -0.2) is 11.7 Å². The molecule has 1 rings (SSSR count). The number of amides is 1. The fourth-order valence-electron chi connectivity index (χ4n) is 1.08. The molecule has 0 spiro atoms. The van der Waals surface area contributed by atoms with E-state index in [0.29, 0.717) is 6.42 Å². The van der Waals surface area contributed by atoms with Gasteiger partial charge in [0.15, 0.2) is 0 Å². The fourth-order valence-corrected chi connectivity index (χ4v) is 1.08. The van der Waals surface area contributed by atoms with Crippen LogP contribution in [0.15, 0.2) is 11.8 Å². The zero-order valence-electron chi connectivity index (χ0n) is 6.68. The molecule has 1 aliphatic rings. The highest BCUT2D eigenvalue weighted by Crippen LogP contribution is 2.12. The van der Waals surface area contributed by atoms with E-state index >= 15 is 0 Å². The Balaban J connectivity index is 2.74. The van der Waals surface area contributed by atoms with Crippen LogP contribution in [0.25, 0.3) is 0 Å². The lowest BCUT2D eigenvalue weighted by Gasteiger charge is -2.17. The summed E-state index contributed by atoms with van der Waals surface area (Å²) < 4.78 is 0. The van der Waals surface area contributed by atoms with Crippen molar-refractivity contribution in [2.24, 2.45) is 5.92 Å². The summed E-state index contributed by atoms with van der Waals surface area (Å²) in [5.41, 5.74) is 0.840. The molecule has 1 aliphatic heterocycles. The third-order valence-electron chi connectivity index (χ3n) is 1.79. The largest absolute Gasteiger partial charge is 0.330 e. The van der Waals surface area contributed by atoms with E-state index in [1.807, 2.05) is 13.0 Å². The Morgan fingerprint density at radius 2 is 2.36 bits per heavy atom. The number of Topliss-reactive ketones (excluding diaryl/α,β-unsaturated/α-hetero) is 1. The summed E-state index contributed by atoms with van der Waals surface area (Å²) in [6, 6.07) is 0. The van der Waals surface area contributed by atoms with E-state index < -0.39 is 5.92 Å². The van der Waals surface area contributed by atoms with Crippen molar-refractivity contribution in [3.63, 3.8) is 0 Å². The fraction of sp³-hybridized carbons (Fsp3) is 0.500. The molecular formula is C8H11NO2. The van der Waals surface area contributed by atoms with E-state index in [4.69, 9.17) is 0 Å². The molecule has 1 amide bonds. The first-order chi connectivity index (χ1) is 5.11. The minimum Gasteiger partial charge on any atom is -0.330 e. The number of allylic oxidation sites excluding steroid dienone is 2. The van der Waals surface area contributed by atoms with Crippen molar-refractivity contribution in [2.75, 3.05) is 0 Å². The van der Waals surface area contributed by atoms with Gasteiger partial charge >= 0.3 is 0 Å². The maximum atomic E-state index is 11.1. The minimum atomic E-state index is -0.460. The zero-order chi connectivity index (χ0) is 8.43. The average molecular weight is 153 g/mol. The van der Waals surface area contributed by atoms with Gasteiger partial charge in [0.25, 0.3) is 0 Å². The molecule has 1 atom stereocenters. The normalized spacial score (nSPS) is 24.0. The highest BCUT2D eigenvalue weighted by atomic mass is 16.2. The molecule has 3 heteroatoms. The molecule has 0 radical (unpaired) electrons. The molecule has 0 aliphatic carbocycles. The molecule has 0 saturated carbocycles. The summed E-state index contributed by atoms with van der Waals surface area (Å²) >= 11 is 0. The van der Waals surface area contributed by atoms with E-state index in [1.54, 1.807) is 0 Å². The highest BCUT2D eigenvalue weighted by Gasteiger charge is 2.24. The summed E-state index contributed by atoms with van der Waals surface area (Å²) in [6.07, 6.45) is 2.42. The Kier molecular flexibility index (Phi) is 2.08. The van der Waals surface area contributed by atoms with Crippen molar-refractivity contribution in [3.05, 3.63) is 11.8 Å². The number of carbonyl (C=O) groups is 2. The van der Waals surface area contributed by atoms with E-state index in [1.165, 1.54) is 6.92 Å². The molecule has 11 heavy (non-hydrogen) atoms. The lowest BCUT2D eigenvalue weighted by Crippen LogP contribution is -2.36. The van der Waals surface area contributed by atoms with Gasteiger partial charge in [-0.25, -0.2) is 0 Å². The molecule has 1 N–H and O–H groups in total. The van der Waals surface area contributed by atoms with Crippen molar-refractivity contribution < 1.29 is 9.59 Å². The predicted molar refractivity (Wildman–Crippen MR) is 40.7 cm³/mol. The van der Waals surface area contributed by atoms with E-state index in [-0.39, 0.29) is 11.7 Å². The van der Waals surface area contributed by atoms with Gasteiger partial charge in [-0.3, -0.25) is 9.59 Å². The van der Waals surface area contributed by atoms with Crippen molar-refractivity contribution in [3.8, 4) is 0 Å². The lowest BCUT2D eigenvalue weighted by atomic mass is 9.97. The zero-order valence-corrected chi connectivity index (χ0v) is 6.68. The SMILES string of the molecule is CC(=O)C1CC=C(C)NC1=O. The van der Waals surface area contributed by atoms with Crippen LogP contribution in [0.3, 0.4) is 0 Å². The van der Waals surface area contributed by atoms with Crippen LogP contribution in [0.4, 0.5) is 0 Å². The Labute approximate surface area is 65.5 Å². The summed E-state index contributed by atoms with van der Waals surface area (Å²) in [6.45, 7) is 3.26. The van der Waals surface area contributed by atoms with Crippen LogP contribution in [0.1, 0.15) is 20.3 Å². The van der Waals surface area contributed by atoms with Gasteiger partial charge in [-0.15, -0.1) is 0 Å². The topological polar surface area (TPSA) is 46.2 Å².